The van der Waals surface area contributed by atoms with Crippen molar-refractivity contribution in [3.63, 3.8) is 0 Å². The molecule has 2 aliphatic heterocycles. The maximum absolute atomic E-state index is 12.7. The van der Waals surface area contributed by atoms with Gasteiger partial charge in [0.15, 0.2) is 0 Å². The molecule has 0 spiro atoms. The first-order valence-electron chi connectivity index (χ1n) is 8.83. The second-order valence-electron chi connectivity index (χ2n) is 6.31. The van der Waals surface area contributed by atoms with E-state index < -0.39 is 7.60 Å². The van der Waals surface area contributed by atoms with Crippen molar-refractivity contribution in [3.8, 4) is 0 Å². The molecule has 0 aromatic heterocycles. The Bertz CT molecular complexity index is 321. The van der Waals surface area contributed by atoms with Gasteiger partial charge in [0.05, 0.1) is 32.6 Å². The third kappa shape index (κ3) is 8.64. The summed E-state index contributed by atoms with van der Waals surface area (Å²) >= 11 is 0. The fraction of sp³-hybridized carbons (Fsp3) is 1.00. The Kier molecular flexibility index (Phi) is 8.40. The largest absolute Gasteiger partial charge is 0.371 e. The van der Waals surface area contributed by atoms with Gasteiger partial charge in [0, 0.05) is 0 Å². The van der Waals surface area contributed by atoms with Crippen LogP contribution in [0.5, 0.6) is 0 Å². The van der Waals surface area contributed by atoms with Gasteiger partial charge in [-0.3, -0.25) is 4.57 Å². The van der Waals surface area contributed by atoms with Crippen molar-refractivity contribution < 1.29 is 23.1 Å². The highest BCUT2D eigenvalue weighted by Gasteiger charge is 2.33. The zero-order valence-electron chi connectivity index (χ0n) is 13.8. The first kappa shape index (κ1) is 18.4. The maximum Gasteiger partial charge on any atom is 0.330 e. The quantitative estimate of drug-likeness (QED) is 0.256. The highest BCUT2D eigenvalue weighted by molar-refractivity contribution is 7.53. The lowest BCUT2D eigenvalue weighted by atomic mass is 10.1. The van der Waals surface area contributed by atoms with Crippen LogP contribution in [0.4, 0.5) is 0 Å². The van der Waals surface area contributed by atoms with E-state index in [1.54, 1.807) is 0 Å². The van der Waals surface area contributed by atoms with E-state index in [4.69, 9.17) is 18.5 Å². The van der Waals surface area contributed by atoms with E-state index >= 15 is 0 Å². The summed E-state index contributed by atoms with van der Waals surface area (Å²) in [6, 6.07) is 0. The van der Waals surface area contributed by atoms with Gasteiger partial charge in [-0.1, -0.05) is 51.9 Å². The fourth-order valence-electron chi connectivity index (χ4n) is 2.33. The lowest BCUT2D eigenvalue weighted by Crippen LogP contribution is -2.08. The fourth-order valence-corrected chi connectivity index (χ4v) is 4.06. The van der Waals surface area contributed by atoms with E-state index in [-0.39, 0.29) is 12.2 Å². The Morgan fingerprint density at radius 1 is 0.864 bits per heavy atom. The standard InChI is InChI=1S/C16H31O5P/c1-2-3-4-5-6-7-8-9-10-22(17,20-13-15-11-18-15)21-14-16-12-19-16/h15-16H,2-14H2,1H3. The molecule has 2 aliphatic rings. The summed E-state index contributed by atoms with van der Waals surface area (Å²) < 4.78 is 34.0. The van der Waals surface area contributed by atoms with Crippen LogP contribution in [0.1, 0.15) is 58.3 Å². The normalized spacial score (nSPS) is 25.9. The van der Waals surface area contributed by atoms with Crippen molar-refractivity contribution in [2.45, 2.75) is 70.5 Å². The van der Waals surface area contributed by atoms with Gasteiger partial charge in [-0.05, 0) is 6.42 Å². The molecule has 5 nitrogen and oxygen atoms in total. The smallest absolute Gasteiger partial charge is 0.330 e. The summed E-state index contributed by atoms with van der Waals surface area (Å²) in [5.74, 6) is 0. The zero-order valence-corrected chi connectivity index (χ0v) is 14.7. The van der Waals surface area contributed by atoms with E-state index in [1.807, 2.05) is 0 Å². The summed E-state index contributed by atoms with van der Waals surface area (Å²) in [6.07, 6.45) is 10.5. The maximum atomic E-state index is 12.7. The van der Waals surface area contributed by atoms with Crippen LogP contribution in [0.15, 0.2) is 0 Å². The van der Waals surface area contributed by atoms with Gasteiger partial charge in [0.1, 0.15) is 12.2 Å². The molecule has 2 saturated heterocycles. The lowest BCUT2D eigenvalue weighted by Gasteiger charge is -2.17. The Hall–Kier alpha value is 0.0700. The Labute approximate surface area is 134 Å². The van der Waals surface area contributed by atoms with E-state index in [2.05, 4.69) is 6.92 Å². The van der Waals surface area contributed by atoms with Crippen molar-refractivity contribution in [2.24, 2.45) is 0 Å². The predicted molar refractivity (Wildman–Crippen MR) is 86.5 cm³/mol. The molecule has 0 aromatic rings. The second kappa shape index (κ2) is 10.0. The number of hydrogen-bond donors (Lipinski definition) is 0. The van der Waals surface area contributed by atoms with Crippen LogP contribution < -0.4 is 0 Å². The molecule has 0 bridgehead atoms. The van der Waals surface area contributed by atoms with E-state index in [9.17, 15) is 4.57 Å². The first-order chi connectivity index (χ1) is 10.7. The van der Waals surface area contributed by atoms with E-state index in [1.165, 1.54) is 38.5 Å². The van der Waals surface area contributed by atoms with Gasteiger partial charge >= 0.3 is 7.60 Å². The molecule has 2 unspecified atom stereocenters. The molecule has 0 aromatic carbocycles. The lowest BCUT2D eigenvalue weighted by molar-refractivity contribution is 0.176. The van der Waals surface area contributed by atoms with Crippen LogP contribution in [-0.2, 0) is 23.1 Å². The van der Waals surface area contributed by atoms with Crippen molar-refractivity contribution in [1.82, 2.24) is 0 Å². The third-order valence-corrected chi connectivity index (χ3v) is 5.95. The zero-order chi connectivity index (χ0) is 15.7. The number of ether oxygens (including phenoxy) is 2. The van der Waals surface area contributed by atoms with Crippen molar-refractivity contribution in [2.75, 3.05) is 32.6 Å². The molecule has 2 heterocycles. The van der Waals surface area contributed by atoms with Gasteiger partial charge in [0.25, 0.3) is 0 Å². The minimum Gasteiger partial charge on any atom is -0.371 e. The summed E-state index contributed by atoms with van der Waals surface area (Å²) in [5, 5.41) is 0. The van der Waals surface area contributed by atoms with E-state index in [0.717, 1.165) is 12.8 Å². The van der Waals surface area contributed by atoms with Crippen LogP contribution in [0.3, 0.4) is 0 Å². The monoisotopic (exact) mass is 334 g/mol. The van der Waals surface area contributed by atoms with Gasteiger partial charge in [0.2, 0.25) is 0 Å². The highest BCUT2D eigenvalue weighted by Crippen LogP contribution is 2.50. The average Bonchev–Trinajstić information content (AvgIpc) is 3.40. The Morgan fingerprint density at radius 2 is 1.32 bits per heavy atom. The third-order valence-electron chi connectivity index (χ3n) is 4.00. The Morgan fingerprint density at radius 3 is 1.77 bits per heavy atom. The molecular weight excluding hydrogens is 303 g/mol. The number of rotatable bonds is 15. The van der Waals surface area contributed by atoms with Crippen LogP contribution in [0, 0.1) is 0 Å². The Balaban J connectivity index is 1.54. The molecule has 2 fully saturated rings. The molecule has 22 heavy (non-hydrogen) atoms. The SMILES string of the molecule is CCCCCCCCCCP(=O)(OCC1CO1)OCC1CO1. The number of epoxide rings is 2. The molecule has 0 amide bonds. The minimum absolute atomic E-state index is 0.118. The highest BCUT2D eigenvalue weighted by atomic mass is 31.2. The first-order valence-corrected chi connectivity index (χ1v) is 10.6. The molecule has 0 radical (unpaired) electrons. The number of hydrogen-bond acceptors (Lipinski definition) is 5. The van der Waals surface area contributed by atoms with Gasteiger partial charge in [-0.2, -0.15) is 0 Å². The van der Waals surface area contributed by atoms with Crippen molar-refractivity contribution in [1.29, 1.82) is 0 Å². The van der Waals surface area contributed by atoms with Gasteiger partial charge in [-0.15, -0.1) is 0 Å². The second-order valence-corrected chi connectivity index (χ2v) is 8.50. The van der Waals surface area contributed by atoms with Crippen LogP contribution in [-0.4, -0.2) is 44.8 Å². The average molecular weight is 334 g/mol. The molecule has 130 valence electrons. The van der Waals surface area contributed by atoms with Crippen LogP contribution >= 0.6 is 7.60 Å². The predicted octanol–water partition coefficient (Wildman–Crippen LogP) is 4.15. The van der Waals surface area contributed by atoms with Crippen LogP contribution in [0.2, 0.25) is 0 Å². The number of unbranched alkanes of at least 4 members (excludes halogenated alkanes) is 7. The minimum atomic E-state index is -2.97. The molecule has 0 N–H and O–H groups in total. The van der Waals surface area contributed by atoms with E-state index in [0.29, 0.717) is 32.6 Å². The van der Waals surface area contributed by atoms with Crippen LogP contribution in [0.25, 0.3) is 0 Å². The van der Waals surface area contributed by atoms with Gasteiger partial charge in [-0.25, -0.2) is 0 Å². The molecule has 2 atom stereocenters. The topological polar surface area (TPSA) is 60.6 Å². The summed E-state index contributed by atoms with van der Waals surface area (Å²) in [5.41, 5.74) is 0. The molecule has 0 aliphatic carbocycles. The molecule has 0 saturated carbocycles. The summed E-state index contributed by atoms with van der Waals surface area (Å²) in [4.78, 5) is 0. The summed E-state index contributed by atoms with van der Waals surface area (Å²) in [7, 11) is -2.97. The van der Waals surface area contributed by atoms with Gasteiger partial charge < -0.3 is 18.5 Å². The molecular formula is C16H31O5P. The van der Waals surface area contributed by atoms with Crippen molar-refractivity contribution in [3.05, 3.63) is 0 Å². The summed E-state index contributed by atoms with van der Waals surface area (Å²) in [6.45, 7) is 4.43. The molecule has 6 heteroatoms. The van der Waals surface area contributed by atoms with Crippen molar-refractivity contribution >= 4 is 7.60 Å². The molecule has 2 rings (SSSR count).